The highest BCUT2D eigenvalue weighted by atomic mass is 19.4. The average molecular weight is 509 g/mol. The monoisotopic (exact) mass is 509 g/mol. The van der Waals surface area contributed by atoms with E-state index in [0.717, 1.165) is 42.7 Å². The van der Waals surface area contributed by atoms with Gasteiger partial charge in [0.15, 0.2) is 11.5 Å². The standard InChI is InChI=1S/C20H22FN7O.C2HF3O2/c1-26-13-23-18-16(26)4-7-28(19(29)17-15(21)10-24-25-17)20(18)5-8-27(12-20)11-14-3-2-6-22-9-14;3-2(4,5)1(6)7/h2-3,6,9-10,13H,4-5,7-8,11-12H2,1H3,(H,24,25);(H,6,7). The van der Waals surface area contributed by atoms with Crippen LogP contribution < -0.4 is 0 Å². The summed E-state index contributed by atoms with van der Waals surface area (Å²) in [4.78, 5) is 35.2. The molecule has 5 heterocycles. The summed E-state index contributed by atoms with van der Waals surface area (Å²) in [6, 6.07) is 3.98. The van der Waals surface area contributed by atoms with Gasteiger partial charge < -0.3 is 14.6 Å². The molecule has 3 aromatic rings. The van der Waals surface area contributed by atoms with E-state index in [1.54, 1.807) is 17.4 Å². The van der Waals surface area contributed by atoms with Gasteiger partial charge in [-0.25, -0.2) is 14.2 Å². The zero-order valence-electron chi connectivity index (χ0n) is 19.2. The van der Waals surface area contributed by atoms with E-state index in [9.17, 15) is 22.4 Å². The van der Waals surface area contributed by atoms with Crippen LogP contribution in [0.4, 0.5) is 17.6 Å². The number of aromatic nitrogens is 5. The molecule has 1 fully saturated rings. The molecule has 0 bridgehead atoms. The number of carboxylic acids is 1. The number of aromatic amines is 1. The summed E-state index contributed by atoms with van der Waals surface area (Å²) in [5.74, 6) is -3.74. The van der Waals surface area contributed by atoms with Crippen molar-refractivity contribution in [3.8, 4) is 0 Å². The first kappa shape index (κ1) is 25.3. The highest BCUT2D eigenvalue weighted by Crippen LogP contribution is 2.43. The van der Waals surface area contributed by atoms with Crippen LogP contribution in [0, 0.1) is 5.82 Å². The Hall–Kier alpha value is -3.81. The lowest BCUT2D eigenvalue weighted by molar-refractivity contribution is -0.192. The number of aliphatic carboxylic acids is 1. The van der Waals surface area contributed by atoms with Crippen molar-refractivity contribution in [1.29, 1.82) is 0 Å². The lowest BCUT2D eigenvalue weighted by atomic mass is 9.85. The average Bonchev–Trinajstić information content (AvgIpc) is 3.54. The molecule has 1 spiro atoms. The Morgan fingerprint density at radius 2 is 2.00 bits per heavy atom. The van der Waals surface area contributed by atoms with Gasteiger partial charge in [-0.1, -0.05) is 6.07 Å². The summed E-state index contributed by atoms with van der Waals surface area (Å²) in [7, 11) is 1.98. The van der Waals surface area contributed by atoms with E-state index in [4.69, 9.17) is 9.90 Å². The van der Waals surface area contributed by atoms with Crippen molar-refractivity contribution in [3.05, 3.63) is 65.5 Å². The summed E-state index contributed by atoms with van der Waals surface area (Å²) < 4.78 is 47.9. The van der Waals surface area contributed by atoms with E-state index >= 15 is 0 Å². The van der Waals surface area contributed by atoms with Gasteiger partial charge in [0.05, 0.1) is 18.2 Å². The van der Waals surface area contributed by atoms with Crippen molar-refractivity contribution < 1.29 is 32.3 Å². The number of alkyl halides is 3. The minimum Gasteiger partial charge on any atom is -0.475 e. The molecule has 2 N–H and O–H groups in total. The van der Waals surface area contributed by atoms with Crippen molar-refractivity contribution in [2.75, 3.05) is 19.6 Å². The van der Waals surface area contributed by atoms with E-state index in [1.807, 2.05) is 29.9 Å². The lowest BCUT2D eigenvalue weighted by Crippen LogP contribution is -2.55. The SMILES string of the molecule is Cn1cnc2c1CCN(C(=O)c1[nH]ncc1F)C21CCN(Cc2cccnc2)C1.O=C(O)C(F)(F)F. The van der Waals surface area contributed by atoms with Crippen LogP contribution in [0.3, 0.4) is 0 Å². The Bertz CT molecular complexity index is 1240. The minimum absolute atomic E-state index is 0.0885. The molecule has 3 aromatic heterocycles. The fourth-order valence-corrected chi connectivity index (χ4v) is 4.72. The number of hydrogen-bond donors (Lipinski definition) is 2. The van der Waals surface area contributed by atoms with E-state index in [1.165, 1.54) is 0 Å². The second-order valence-corrected chi connectivity index (χ2v) is 8.61. The first-order chi connectivity index (χ1) is 17.0. The van der Waals surface area contributed by atoms with E-state index in [2.05, 4.69) is 25.1 Å². The number of carboxylic acid groups (broad SMARTS) is 1. The molecule has 0 aromatic carbocycles. The number of imidazole rings is 1. The Balaban J connectivity index is 0.000000384. The van der Waals surface area contributed by atoms with Crippen molar-refractivity contribution in [1.82, 2.24) is 34.5 Å². The number of nitrogens with zero attached hydrogens (tertiary/aromatic N) is 6. The molecule has 0 saturated carbocycles. The van der Waals surface area contributed by atoms with Gasteiger partial charge in [0, 0.05) is 57.7 Å². The van der Waals surface area contributed by atoms with Crippen LogP contribution >= 0.6 is 0 Å². The summed E-state index contributed by atoms with van der Waals surface area (Å²) in [6.07, 6.45) is 2.83. The molecule has 1 atom stereocenters. The highest BCUT2D eigenvalue weighted by molar-refractivity contribution is 5.93. The van der Waals surface area contributed by atoms with Crippen molar-refractivity contribution in [2.24, 2.45) is 7.05 Å². The fraction of sp³-hybridized carbons (Fsp3) is 0.409. The number of halogens is 4. The van der Waals surface area contributed by atoms with E-state index in [-0.39, 0.29) is 11.6 Å². The summed E-state index contributed by atoms with van der Waals surface area (Å²) in [5, 5.41) is 13.3. The van der Waals surface area contributed by atoms with Gasteiger partial charge in [0.25, 0.3) is 5.91 Å². The smallest absolute Gasteiger partial charge is 0.475 e. The number of carbonyl (C=O) groups is 2. The van der Waals surface area contributed by atoms with Gasteiger partial charge in [0.1, 0.15) is 5.54 Å². The summed E-state index contributed by atoms with van der Waals surface area (Å²) in [6.45, 7) is 2.73. The van der Waals surface area contributed by atoms with Crippen molar-refractivity contribution in [2.45, 2.75) is 31.1 Å². The van der Waals surface area contributed by atoms with Gasteiger partial charge in [-0.3, -0.25) is 19.8 Å². The maximum absolute atomic E-state index is 14.1. The largest absolute Gasteiger partial charge is 0.490 e. The lowest BCUT2D eigenvalue weighted by Gasteiger charge is -2.44. The number of amides is 1. The van der Waals surface area contributed by atoms with Gasteiger partial charge >= 0.3 is 12.1 Å². The molecule has 0 radical (unpaired) electrons. The third kappa shape index (κ3) is 4.80. The number of carbonyl (C=O) groups excluding carboxylic acids is 1. The first-order valence-electron chi connectivity index (χ1n) is 11.0. The quantitative estimate of drug-likeness (QED) is 0.519. The molecule has 14 heteroatoms. The van der Waals surface area contributed by atoms with Crippen molar-refractivity contribution >= 4 is 11.9 Å². The molecule has 1 amide bonds. The van der Waals surface area contributed by atoms with Crippen molar-refractivity contribution in [3.63, 3.8) is 0 Å². The number of H-pyrrole nitrogens is 1. The molecule has 2 aliphatic rings. The van der Waals surface area contributed by atoms with Crippen LogP contribution in [0.2, 0.25) is 0 Å². The van der Waals surface area contributed by atoms with Gasteiger partial charge in [-0.2, -0.15) is 18.3 Å². The Morgan fingerprint density at radius 3 is 2.61 bits per heavy atom. The number of nitrogens with one attached hydrogen (secondary N) is 1. The van der Waals surface area contributed by atoms with E-state index < -0.39 is 23.5 Å². The molecular weight excluding hydrogens is 486 g/mol. The van der Waals surface area contributed by atoms with Crippen LogP contribution in [-0.4, -0.2) is 77.3 Å². The summed E-state index contributed by atoms with van der Waals surface area (Å²) in [5.41, 5.74) is 2.52. The van der Waals surface area contributed by atoms with Crippen LogP contribution in [0.5, 0.6) is 0 Å². The van der Waals surface area contributed by atoms with Gasteiger partial charge in [0.2, 0.25) is 0 Å². The topological polar surface area (TPSA) is 120 Å². The number of aryl methyl sites for hydroxylation is 1. The fourth-order valence-electron chi connectivity index (χ4n) is 4.72. The van der Waals surface area contributed by atoms with Crippen LogP contribution in [0.25, 0.3) is 0 Å². The zero-order valence-corrected chi connectivity index (χ0v) is 19.2. The number of rotatable bonds is 3. The predicted molar refractivity (Wildman–Crippen MR) is 116 cm³/mol. The third-order valence-electron chi connectivity index (χ3n) is 6.34. The molecule has 192 valence electrons. The van der Waals surface area contributed by atoms with Crippen LogP contribution in [0.1, 0.15) is 33.9 Å². The highest BCUT2D eigenvalue weighted by Gasteiger charge is 2.52. The van der Waals surface area contributed by atoms with Gasteiger partial charge in [-0.05, 0) is 18.1 Å². The normalized spacial score (nSPS) is 19.6. The van der Waals surface area contributed by atoms with Crippen LogP contribution in [0.15, 0.2) is 37.1 Å². The molecule has 1 unspecified atom stereocenters. The molecule has 5 rings (SSSR count). The maximum Gasteiger partial charge on any atom is 0.490 e. The molecule has 2 aliphatic heterocycles. The second kappa shape index (κ2) is 9.68. The Morgan fingerprint density at radius 1 is 1.25 bits per heavy atom. The second-order valence-electron chi connectivity index (χ2n) is 8.61. The first-order valence-corrected chi connectivity index (χ1v) is 11.0. The Kier molecular flexibility index (Phi) is 6.80. The molecule has 36 heavy (non-hydrogen) atoms. The molecule has 10 nitrogen and oxygen atoms in total. The molecular formula is C22H23F4N7O3. The summed E-state index contributed by atoms with van der Waals surface area (Å²) >= 11 is 0. The number of pyridine rings is 1. The van der Waals surface area contributed by atoms with E-state index in [0.29, 0.717) is 19.5 Å². The number of likely N-dealkylation sites (tertiary alicyclic amines) is 1. The number of fused-ring (bicyclic) bond motifs is 2. The third-order valence-corrected chi connectivity index (χ3v) is 6.34. The molecule has 0 aliphatic carbocycles. The predicted octanol–water partition coefficient (Wildman–Crippen LogP) is 2.11. The minimum atomic E-state index is -5.08. The number of hydrogen-bond acceptors (Lipinski definition) is 6. The maximum atomic E-state index is 14.1. The molecule has 1 saturated heterocycles. The zero-order chi connectivity index (χ0) is 26.1. The van der Waals surface area contributed by atoms with Gasteiger partial charge in [-0.15, -0.1) is 0 Å². The van der Waals surface area contributed by atoms with Crippen LogP contribution in [-0.2, 0) is 30.3 Å². The Labute approximate surface area is 202 Å².